The van der Waals surface area contributed by atoms with Crippen LogP contribution in [0.4, 0.5) is 29.3 Å². The largest absolute Gasteiger partial charge is 0.444 e. The highest BCUT2D eigenvalue weighted by Gasteiger charge is 2.36. The summed E-state index contributed by atoms with van der Waals surface area (Å²) in [6.07, 6.45) is -2.03. The molecular weight excluding hydrogens is 561 g/mol. The van der Waals surface area contributed by atoms with Crippen LogP contribution in [-0.2, 0) is 10.9 Å². The minimum absolute atomic E-state index is 0.00360. The molecule has 9 nitrogen and oxygen atoms in total. The number of aromatic nitrogens is 3. The van der Waals surface area contributed by atoms with E-state index >= 15 is 0 Å². The average Bonchev–Trinajstić information content (AvgIpc) is 3.43. The van der Waals surface area contributed by atoms with Crippen LogP contribution in [0.15, 0.2) is 61.1 Å². The second-order valence-electron chi connectivity index (χ2n) is 11.0. The van der Waals surface area contributed by atoms with Crippen LogP contribution in [0.25, 0.3) is 11.2 Å². The molecule has 1 aliphatic heterocycles. The number of halogens is 3. The van der Waals surface area contributed by atoms with Gasteiger partial charge in [-0.25, -0.2) is 14.8 Å². The third-order valence-electron chi connectivity index (χ3n) is 6.58. The van der Waals surface area contributed by atoms with Crippen molar-refractivity contribution in [1.29, 1.82) is 0 Å². The van der Waals surface area contributed by atoms with E-state index in [1.165, 1.54) is 23.4 Å². The van der Waals surface area contributed by atoms with Crippen LogP contribution in [-0.4, -0.2) is 63.6 Å². The van der Waals surface area contributed by atoms with Gasteiger partial charge in [0, 0.05) is 60.4 Å². The van der Waals surface area contributed by atoms with Crippen LogP contribution in [0.2, 0.25) is 0 Å². The predicted octanol–water partition coefficient (Wildman–Crippen LogP) is 5.69. The summed E-state index contributed by atoms with van der Waals surface area (Å²) in [5.74, 6) is 5.40. The van der Waals surface area contributed by atoms with E-state index in [0.29, 0.717) is 16.8 Å². The summed E-state index contributed by atoms with van der Waals surface area (Å²) in [7, 11) is 0. The standard InChI is InChI=1S/C31H29F3N6O3/c1-30(2,3)43-29(42)40-13-11-39(12-14-40)26-10-9-23(17-24(26)31(32,33)34)38-28(41)22-6-4-5-20(15-22)7-8-21-16-25-27(35-18-21)37-19-36-25/h4-6,9-10,15-19H,11-14H2,1-3H3,(H,38,41)(H,35,36,37). The lowest BCUT2D eigenvalue weighted by atomic mass is 10.1. The normalized spacial score (nSPS) is 13.8. The highest BCUT2D eigenvalue weighted by molar-refractivity contribution is 6.04. The lowest BCUT2D eigenvalue weighted by Crippen LogP contribution is -2.50. The molecule has 0 radical (unpaired) electrons. The van der Waals surface area contributed by atoms with Gasteiger partial charge in [-0.2, -0.15) is 13.2 Å². The number of ether oxygens (including phenoxy) is 1. The second kappa shape index (κ2) is 11.7. The summed E-state index contributed by atoms with van der Waals surface area (Å²) < 4.78 is 47.8. The molecule has 12 heteroatoms. The maximum absolute atomic E-state index is 14.1. The summed E-state index contributed by atoms with van der Waals surface area (Å²) in [4.78, 5) is 39.7. The van der Waals surface area contributed by atoms with Crippen LogP contribution < -0.4 is 10.2 Å². The number of carbonyl (C=O) groups is 2. The quantitative estimate of drug-likeness (QED) is 0.298. The van der Waals surface area contributed by atoms with E-state index < -0.39 is 29.3 Å². The van der Waals surface area contributed by atoms with Crippen molar-refractivity contribution in [1.82, 2.24) is 19.9 Å². The van der Waals surface area contributed by atoms with Gasteiger partial charge in [-0.3, -0.25) is 4.79 Å². The Morgan fingerprint density at radius 1 is 0.953 bits per heavy atom. The summed E-state index contributed by atoms with van der Waals surface area (Å²) in [5, 5.41) is 2.57. The Kier molecular flexibility index (Phi) is 8.00. The van der Waals surface area contributed by atoms with E-state index in [4.69, 9.17) is 4.74 Å². The van der Waals surface area contributed by atoms with Gasteiger partial charge in [-0.1, -0.05) is 17.9 Å². The van der Waals surface area contributed by atoms with E-state index in [2.05, 4.69) is 32.1 Å². The van der Waals surface area contributed by atoms with Gasteiger partial charge < -0.3 is 24.8 Å². The molecule has 5 rings (SSSR count). The Morgan fingerprint density at radius 3 is 2.42 bits per heavy atom. The van der Waals surface area contributed by atoms with Crippen molar-refractivity contribution >= 4 is 34.5 Å². The van der Waals surface area contributed by atoms with E-state index in [-0.39, 0.29) is 43.1 Å². The molecule has 0 spiro atoms. The molecule has 2 N–H and O–H groups in total. The Morgan fingerprint density at radius 2 is 1.70 bits per heavy atom. The SMILES string of the molecule is CC(C)(C)OC(=O)N1CCN(c2ccc(NC(=O)c3cccc(C#Cc4cnc5nc[nH]c5c4)c3)cc2C(F)(F)F)CC1. The fourth-order valence-electron chi connectivity index (χ4n) is 4.56. The molecule has 43 heavy (non-hydrogen) atoms. The number of nitrogens with one attached hydrogen (secondary N) is 2. The first-order chi connectivity index (χ1) is 20.4. The number of pyridine rings is 1. The van der Waals surface area contributed by atoms with Crippen molar-refractivity contribution < 1.29 is 27.5 Å². The van der Waals surface area contributed by atoms with Crippen LogP contribution in [0.1, 0.15) is 47.8 Å². The van der Waals surface area contributed by atoms with E-state index in [1.807, 2.05) is 6.07 Å². The topological polar surface area (TPSA) is 103 Å². The lowest BCUT2D eigenvalue weighted by Gasteiger charge is -2.37. The van der Waals surface area contributed by atoms with Crippen molar-refractivity contribution in [3.63, 3.8) is 0 Å². The molecule has 3 heterocycles. The molecule has 2 aromatic carbocycles. The van der Waals surface area contributed by atoms with Gasteiger partial charge in [0.2, 0.25) is 0 Å². The minimum atomic E-state index is -4.66. The summed E-state index contributed by atoms with van der Waals surface area (Å²) in [6.45, 7) is 6.11. The monoisotopic (exact) mass is 590 g/mol. The van der Waals surface area contributed by atoms with Crippen LogP contribution in [0.3, 0.4) is 0 Å². The summed E-state index contributed by atoms with van der Waals surface area (Å²) >= 11 is 0. The van der Waals surface area contributed by atoms with E-state index in [9.17, 15) is 22.8 Å². The Balaban J connectivity index is 1.28. The number of nitrogens with zero attached hydrogens (tertiary/aromatic N) is 4. The smallest absolute Gasteiger partial charge is 0.418 e. The Labute approximate surface area is 246 Å². The third-order valence-corrected chi connectivity index (χ3v) is 6.58. The van der Waals surface area contributed by atoms with Gasteiger partial charge >= 0.3 is 12.3 Å². The molecule has 0 bridgehead atoms. The number of piperazine rings is 1. The van der Waals surface area contributed by atoms with E-state index in [1.54, 1.807) is 56.1 Å². The van der Waals surface area contributed by atoms with Crippen molar-refractivity contribution in [2.75, 3.05) is 36.4 Å². The predicted molar refractivity (Wildman–Crippen MR) is 156 cm³/mol. The minimum Gasteiger partial charge on any atom is -0.444 e. The molecule has 0 atom stereocenters. The average molecular weight is 591 g/mol. The number of hydrogen-bond acceptors (Lipinski definition) is 6. The van der Waals surface area contributed by atoms with Crippen molar-refractivity contribution in [3.05, 3.63) is 83.3 Å². The Bertz CT molecular complexity index is 1720. The first kappa shape index (κ1) is 29.4. The molecule has 222 valence electrons. The number of carbonyl (C=O) groups excluding carboxylic acids is 2. The third kappa shape index (κ3) is 7.24. The van der Waals surface area contributed by atoms with Gasteiger partial charge in [0.25, 0.3) is 5.91 Å². The Hall–Kier alpha value is -5.05. The number of aromatic amines is 1. The molecule has 1 saturated heterocycles. The zero-order valence-electron chi connectivity index (χ0n) is 23.7. The fourth-order valence-corrected chi connectivity index (χ4v) is 4.56. The van der Waals surface area contributed by atoms with Gasteiger partial charge in [-0.15, -0.1) is 0 Å². The molecule has 2 aromatic heterocycles. The number of amides is 2. The highest BCUT2D eigenvalue weighted by atomic mass is 19.4. The zero-order valence-corrected chi connectivity index (χ0v) is 23.7. The number of anilines is 2. The van der Waals surface area contributed by atoms with Gasteiger partial charge in [0.15, 0.2) is 5.65 Å². The maximum Gasteiger partial charge on any atom is 0.418 e. The number of benzene rings is 2. The van der Waals surface area contributed by atoms with Crippen molar-refractivity contribution in [2.45, 2.75) is 32.5 Å². The molecule has 1 fully saturated rings. The van der Waals surface area contributed by atoms with E-state index in [0.717, 1.165) is 11.6 Å². The number of hydrogen-bond donors (Lipinski definition) is 2. The molecule has 4 aromatic rings. The van der Waals surface area contributed by atoms with Crippen LogP contribution in [0, 0.1) is 11.8 Å². The van der Waals surface area contributed by atoms with Crippen LogP contribution in [0.5, 0.6) is 0 Å². The van der Waals surface area contributed by atoms with Crippen molar-refractivity contribution in [3.8, 4) is 11.8 Å². The molecule has 0 aliphatic carbocycles. The lowest BCUT2D eigenvalue weighted by molar-refractivity contribution is -0.137. The highest BCUT2D eigenvalue weighted by Crippen LogP contribution is 2.39. The zero-order chi connectivity index (χ0) is 30.8. The molecule has 2 amide bonds. The first-order valence-electron chi connectivity index (χ1n) is 13.5. The maximum atomic E-state index is 14.1. The van der Waals surface area contributed by atoms with Gasteiger partial charge in [0.1, 0.15) is 5.60 Å². The van der Waals surface area contributed by atoms with Crippen LogP contribution >= 0.6 is 0 Å². The second-order valence-corrected chi connectivity index (χ2v) is 11.0. The summed E-state index contributed by atoms with van der Waals surface area (Å²) in [5.41, 5.74) is 1.20. The molecule has 0 unspecified atom stereocenters. The summed E-state index contributed by atoms with van der Waals surface area (Å²) in [6, 6.07) is 12.0. The molecular formula is C31H29F3N6O3. The van der Waals surface area contributed by atoms with Gasteiger partial charge in [0.05, 0.1) is 17.4 Å². The number of H-pyrrole nitrogens is 1. The first-order valence-corrected chi connectivity index (χ1v) is 13.5. The molecule has 1 aliphatic rings. The van der Waals surface area contributed by atoms with Crippen molar-refractivity contribution in [2.24, 2.45) is 0 Å². The number of rotatable bonds is 3. The number of imidazole rings is 1. The number of fused-ring (bicyclic) bond motifs is 1. The fraction of sp³-hybridized carbons (Fsp3) is 0.290. The molecule has 0 saturated carbocycles. The van der Waals surface area contributed by atoms with Gasteiger partial charge in [-0.05, 0) is 63.2 Å². The number of alkyl halides is 3.